The first-order valence-corrected chi connectivity index (χ1v) is 10.8. The molecule has 2 aliphatic heterocycles. The van der Waals surface area contributed by atoms with Crippen molar-refractivity contribution in [3.63, 3.8) is 0 Å². The number of hydrogen-bond donors (Lipinski definition) is 3. The van der Waals surface area contributed by atoms with Crippen LogP contribution in [0.15, 0.2) is 36.4 Å². The molecule has 1 fully saturated rings. The van der Waals surface area contributed by atoms with Gasteiger partial charge in [-0.1, -0.05) is 39.0 Å². The van der Waals surface area contributed by atoms with Gasteiger partial charge in [0.15, 0.2) is 0 Å². The highest BCUT2D eigenvalue weighted by Crippen LogP contribution is 2.47. The number of para-hydroxylation sites is 1. The maximum absolute atomic E-state index is 13.6. The molecule has 1 aromatic heterocycles. The molecule has 2 aromatic rings. The van der Waals surface area contributed by atoms with Crippen LogP contribution in [-0.4, -0.2) is 36.9 Å². The number of amides is 3. The van der Waals surface area contributed by atoms with Crippen LogP contribution in [0.4, 0.5) is 10.7 Å². The van der Waals surface area contributed by atoms with E-state index in [1.54, 1.807) is 12.1 Å². The molecule has 4 rings (SSSR count). The molecular weight excluding hydrogens is 400 g/mol. The van der Waals surface area contributed by atoms with Crippen molar-refractivity contribution in [3.05, 3.63) is 46.8 Å². The van der Waals surface area contributed by atoms with Crippen molar-refractivity contribution in [3.8, 4) is 0 Å². The van der Waals surface area contributed by atoms with Gasteiger partial charge in [-0.3, -0.25) is 14.4 Å². The molecule has 1 aromatic carbocycles. The van der Waals surface area contributed by atoms with Gasteiger partial charge in [0.25, 0.3) is 5.91 Å². The minimum absolute atomic E-state index is 0.0472. The summed E-state index contributed by atoms with van der Waals surface area (Å²) in [5, 5.41) is 6.64. The fourth-order valence-electron chi connectivity index (χ4n) is 4.32. The third-order valence-electron chi connectivity index (χ3n) is 5.61. The fraction of sp³-hybridized carbons (Fsp3) is 0.409. The number of fused-ring (bicyclic) bond motifs is 2. The van der Waals surface area contributed by atoms with E-state index in [0.29, 0.717) is 29.4 Å². The van der Waals surface area contributed by atoms with Crippen LogP contribution in [0, 0.1) is 5.41 Å². The van der Waals surface area contributed by atoms with E-state index in [1.165, 1.54) is 0 Å². The summed E-state index contributed by atoms with van der Waals surface area (Å²) in [6.45, 7) is 7.36. The topological polar surface area (TPSA) is 105 Å². The fourth-order valence-corrected chi connectivity index (χ4v) is 5.08. The summed E-state index contributed by atoms with van der Waals surface area (Å²) in [5.74, 6) is -0.691. The molecule has 158 valence electrons. The predicted molar refractivity (Wildman–Crippen MR) is 118 cm³/mol. The standard InChI is InChI=1S/C22H26N4O3S/c1-21(2,3)12-26-15-7-5-4-6-13(15)22(20(26)29)10-14(24-11-22)19(28)25-17-9-8-16(30-17)18(23)27/h4-9,14,24H,10-12H2,1-3H3,(H2,23,27)(H,25,28). The van der Waals surface area contributed by atoms with E-state index < -0.39 is 17.4 Å². The number of nitrogens with two attached hydrogens (primary N) is 1. The molecule has 0 saturated carbocycles. The number of primary amides is 1. The lowest BCUT2D eigenvalue weighted by Gasteiger charge is -2.29. The number of nitrogens with zero attached hydrogens (tertiary/aromatic N) is 1. The second-order valence-electron chi connectivity index (χ2n) is 9.21. The Bertz CT molecular complexity index is 1030. The molecule has 2 atom stereocenters. The molecule has 7 nitrogen and oxygen atoms in total. The first-order chi connectivity index (χ1) is 14.1. The van der Waals surface area contributed by atoms with Gasteiger partial charge in [0.2, 0.25) is 11.8 Å². The van der Waals surface area contributed by atoms with E-state index in [1.807, 2.05) is 29.2 Å². The van der Waals surface area contributed by atoms with E-state index in [0.717, 1.165) is 22.6 Å². The minimum Gasteiger partial charge on any atom is -0.365 e. The van der Waals surface area contributed by atoms with Crippen LogP contribution in [-0.2, 0) is 15.0 Å². The quantitative estimate of drug-likeness (QED) is 0.699. The van der Waals surface area contributed by atoms with Crippen LogP contribution in [0.25, 0.3) is 0 Å². The summed E-state index contributed by atoms with van der Waals surface area (Å²) in [4.78, 5) is 40.0. The molecule has 0 radical (unpaired) electrons. The zero-order chi connectivity index (χ0) is 21.7. The number of nitrogens with one attached hydrogen (secondary N) is 2. The van der Waals surface area contributed by atoms with Gasteiger partial charge in [-0.15, -0.1) is 11.3 Å². The molecule has 3 amide bonds. The van der Waals surface area contributed by atoms with Crippen molar-refractivity contribution in [2.24, 2.45) is 11.1 Å². The van der Waals surface area contributed by atoms with Crippen LogP contribution in [0.5, 0.6) is 0 Å². The molecule has 0 aliphatic carbocycles. The Labute approximate surface area is 179 Å². The third-order valence-corrected chi connectivity index (χ3v) is 6.63. The lowest BCUT2D eigenvalue weighted by molar-refractivity contribution is -0.123. The van der Waals surface area contributed by atoms with Gasteiger partial charge >= 0.3 is 0 Å². The molecule has 0 bridgehead atoms. The lowest BCUT2D eigenvalue weighted by Crippen LogP contribution is -2.44. The molecule has 1 saturated heterocycles. The van der Waals surface area contributed by atoms with Crippen LogP contribution >= 0.6 is 11.3 Å². The van der Waals surface area contributed by atoms with Crippen molar-refractivity contribution in [2.75, 3.05) is 23.3 Å². The average molecular weight is 427 g/mol. The number of rotatable bonds is 4. The predicted octanol–water partition coefficient (Wildman–Crippen LogP) is 2.48. The first kappa shape index (κ1) is 20.6. The van der Waals surface area contributed by atoms with Gasteiger partial charge in [0.05, 0.1) is 21.3 Å². The summed E-state index contributed by atoms with van der Waals surface area (Å²) < 4.78 is 0. The smallest absolute Gasteiger partial charge is 0.258 e. The molecule has 4 N–H and O–H groups in total. The van der Waals surface area contributed by atoms with Gasteiger partial charge < -0.3 is 21.3 Å². The molecular formula is C22H26N4O3S. The third kappa shape index (κ3) is 3.50. The molecule has 1 spiro atoms. The Morgan fingerprint density at radius 2 is 2.00 bits per heavy atom. The Hall–Kier alpha value is -2.71. The zero-order valence-electron chi connectivity index (χ0n) is 17.3. The first-order valence-electron chi connectivity index (χ1n) is 9.96. The van der Waals surface area contributed by atoms with Gasteiger partial charge in [-0.05, 0) is 35.6 Å². The molecule has 8 heteroatoms. The highest BCUT2D eigenvalue weighted by Gasteiger charge is 2.56. The van der Waals surface area contributed by atoms with E-state index in [9.17, 15) is 14.4 Å². The van der Waals surface area contributed by atoms with Crippen LogP contribution < -0.4 is 21.3 Å². The van der Waals surface area contributed by atoms with E-state index >= 15 is 0 Å². The second-order valence-corrected chi connectivity index (χ2v) is 10.3. The van der Waals surface area contributed by atoms with Crippen molar-refractivity contribution >= 4 is 39.7 Å². The Kier molecular flexibility index (Phi) is 4.94. The lowest BCUT2D eigenvalue weighted by atomic mass is 9.79. The van der Waals surface area contributed by atoms with Crippen LogP contribution in [0.3, 0.4) is 0 Å². The number of carbonyl (C=O) groups is 3. The SMILES string of the molecule is CC(C)(C)CN1C(=O)C2(CNC(C(=O)Nc3ccc(C(N)=O)s3)C2)c2ccccc21. The van der Waals surface area contributed by atoms with Gasteiger partial charge in [0.1, 0.15) is 0 Å². The molecule has 3 heterocycles. The van der Waals surface area contributed by atoms with Gasteiger partial charge in [0, 0.05) is 18.8 Å². The maximum atomic E-state index is 13.6. The van der Waals surface area contributed by atoms with Gasteiger partial charge in [-0.2, -0.15) is 0 Å². The number of hydrogen-bond acceptors (Lipinski definition) is 5. The highest BCUT2D eigenvalue weighted by molar-refractivity contribution is 7.18. The normalized spacial score (nSPS) is 23.1. The number of thiophene rings is 1. The van der Waals surface area contributed by atoms with Crippen molar-refractivity contribution < 1.29 is 14.4 Å². The Morgan fingerprint density at radius 3 is 2.67 bits per heavy atom. The average Bonchev–Trinajstić information content (AvgIpc) is 3.37. The van der Waals surface area contributed by atoms with Crippen LogP contribution in [0.2, 0.25) is 0 Å². The van der Waals surface area contributed by atoms with Crippen LogP contribution in [0.1, 0.15) is 42.4 Å². The zero-order valence-corrected chi connectivity index (χ0v) is 18.1. The number of carbonyl (C=O) groups excluding carboxylic acids is 3. The van der Waals surface area contributed by atoms with E-state index in [4.69, 9.17) is 5.73 Å². The van der Waals surface area contributed by atoms with Crippen molar-refractivity contribution in [1.29, 1.82) is 0 Å². The number of anilines is 2. The van der Waals surface area contributed by atoms with Crippen molar-refractivity contribution in [1.82, 2.24) is 5.32 Å². The maximum Gasteiger partial charge on any atom is 0.258 e. The summed E-state index contributed by atoms with van der Waals surface area (Å²) >= 11 is 1.14. The summed E-state index contributed by atoms with van der Waals surface area (Å²) in [7, 11) is 0. The van der Waals surface area contributed by atoms with E-state index in [2.05, 4.69) is 31.4 Å². The Morgan fingerprint density at radius 1 is 1.27 bits per heavy atom. The molecule has 2 unspecified atom stereocenters. The minimum atomic E-state index is -0.738. The Balaban J connectivity index is 1.56. The largest absolute Gasteiger partial charge is 0.365 e. The second kappa shape index (κ2) is 7.21. The monoisotopic (exact) mass is 426 g/mol. The molecule has 2 aliphatic rings. The number of benzene rings is 1. The van der Waals surface area contributed by atoms with E-state index in [-0.39, 0.29) is 17.2 Å². The summed E-state index contributed by atoms with van der Waals surface area (Å²) in [6, 6.07) is 10.6. The molecule has 30 heavy (non-hydrogen) atoms. The van der Waals surface area contributed by atoms with Gasteiger partial charge in [-0.25, -0.2) is 0 Å². The summed E-state index contributed by atoms with van der Waals surface area (Å²) in [6.07, 6.45) is 0.392. The summed E-state index contributed by atoms with van der Waals surface area (Å²) in [5.41, 5.74) is 6.41. The highest BCUT2D eigenvalue weighted by atomic mass is 32.1. The van der Waals surface area contributed by atoms with Crippen molar-refractivity contribution in [2.45, 2.75) is 38.6 Å².